The third kappa shape index (κ3) is 5.55. The predicted molar refractivity (Wildman–Crippen MR) is 116 cm³/mol. The molecule has 0 atom stereocenters. The number of ether oxygens (including phenoxy) is 3. The summed E-state index contributed by atoms with van der Waals surface area (Å²) in [5, 5.41) is 3.22. The van der Waals surface area contributed by atoms with Gasteiger partial charge in [0.2, 0.25) is 0 Å². The number of pyridine rings is 1. The molecule has 0 aliphatic carbocycles. The molecule has 1 N–H and O–H groups in total. The van der Waals surface area contributed by atoms with E-state index in [1.54, 1.807) is 36.5 Å². The highest BCUT2D eigenvalue weighted by molar-refractivity contribution is 7.99. The zero-order valence-electron chi connectivity index (χ0n) is 16.6. The number of hydrogen-bond donors (Lipinski definition) is 1. The molecule has 0 spiro atoms. The van der Waals surface area contributed by atoms with Crippen LogP contribution >= 0.6 is 11.8 Å². The van der Waals surface area contributed by atoms with Gasteiger partial charge in [0, 0.05) is 29.3 Å². The topological polar surface area (TPSA) is 86.8 Å². The molecule has 2 aromatic carbocycles. The number of nitrogens with one attached hydrogen (secondary N) is 1. The van der Waals surface area contributed by atoms with Crippen molar-refractivity contribution in [1.82, 2.24) is 4.98 Å². The van der Waals surface area contributed by atoms with Crippen LogP contribution in [0.25, 0.3) is 0 Å². The van der Waals surface area contributed by atoms with Crippen molar-refractivity contribution in [3.05, 3.63) is 72.4 Å². The van der Waals surface area contributed by atoms with Gasteiger partial charge in [0.15, 0.2) is 18.1 Å². The van der Waals surface area contributed by atoms with E-state index < -0.39 is 18.5 Å². The van der Waals surface area contributed by atoms with Gasteiger partial charge in [-0.25, -0.2) is 9.78 Å². The van der Waals surface area contributed by atoms with E-state index >= 15 is 0 Å². The minimum Gasteiger partial charge on any atom is -0.490 e. The maximum absolute atomic E-state index is 12.6. The smallest absolute Gasteiger partial charge is 0.341 e. The molecule has 31 heavy (non-hydrogen) atoms. The number of anilines is 1. The lowest BCUT2D eigenvalue weighted by atomic mass is 10.2. The summed E-state index contributed by atoms with van der Waals surface area (Å²) in [4.78, 5) is 30.1. The Morgan fingerprint density at radius 2 is 1.81 bits per heavy atom. The predicted octanol–water partition coefficient (Wildman–Crippen LogP) is 4.19. The summed E-state index contributed by atoms with van der Waals surface area (Å²) in [6.45, 7) is 0.724. The lowest BCUT2D eigenvalue weighted by molar-refractivity contribution is -0.119. The Morgan fingerprint density at radius 1 is 1.00 bits per heavy atom. The van der Waals surface area contributed by atoms with Gasteiger partial charge >= 0.3 is 5.97 Å². The van der Waals surface area contributed by atoms with E-state index in [9.17, 15) is 9.59 Å². The molecule has 8 heteroatoms. The van der Waals surface area contributed by atoms with Gasteiger partial charge in [0.05, 0.1) is 18.8 Å². The molecule has 0 saturated heterocycles. The summed E-state index contributed by atoms with van der Waals surface area (Å²) in [5.41, 5.74) is 0.840. The summed E-state index contributed by atoms with van der Waals surface area (Å²) in [6.07, 6.45) is 2.41. The summed E-state index contributed by atoms with van der Waals surface area (Å²) in [5.74, 6) is 0.150. The number of rotatable bonds is 6. The molecule has 2 heterocycles. The average molecular weight is 436 g/mol. The number of aromatic nitrogens is 1. The zero-order chi connectivity index (χ0) is 21.5. The van der Waals surface area contributed by atoms with Gasteiger partial charge < -0.3 is 19.5 Å². The second kappa shape index (κ2) is 9.99. The van der Waals surface area contributed by atoms with Gasteiger partial charge in [0.1, 0.15) is 5.03 Å². The normalized spacial score (nSPS) is 12.5. The second-order valence-corrected chi connectivity index (χ2v) is 7.67. The number of esters is 1. The molecule has 3 aromatic rings. The van der Waals surface area contributed by atoms with Crippen molar-refractivity contribution in [3.8, 4) is 11.5 Å². The fraction of sp³-hybridized carbons (Fsp3) is 0.174. The number of carbonyl (C=O) groups excluding carboxylic acids is 2. The van der Waals surface area contributed by atoms with Crippen LogP contribution in [0, 0.1) is 0 Å². The molecular weight excluding hydrogens is 416 g/mol. The molecule has 158 valence electrons. The molecule has 0 unspecified atom stereocenters. The first-order chi connectivity index (χ1) is 15.2. The van der Waals surface area contributed by atoms with Crippen LogP contribution in [0.15, 0.2) is 76.8 Å². The summed E-state index contributed by atoms with van der Waals surface area (Å²) in [7, 11) is 0. The Bertz CT molecular complexity index is 1070. The first-order valence-electron chi connectivity index (χ1n) is 9.73. The van der Waals surface area contributed by atoms with Crippen molar-refractivity contribution in [2.45, 2.75) is 16.3 Å². The minimum absolute atomic E-state index is 0.305. The first kappa shape index (κ1) is 20.7. The minimum atomic E-state index is -0.611. The Labute approximate surface area is 183 Å². The zero-order valence-corrected chi connectivity index (χ0v) is 17.4. The SMILES string of the molecule is O=C(COC(=O)c1cccnc1Sc1ccccc1)Nc1ccc2c(c1)OCCCO2. The van der Waals surface area contributed by atoms with Gasteiger partial charge in [-0.3, -0.25) is 4.79 Å². The summed E-state index contributed by atoms with van der Waals surface area (Å²) in [6, 6.07) is 18.0. The van der Waals surface area contributed by atoms with Crippen molar-refractivity contribution >= 4 is 29.3 Å². The molecule has 0 radical (unpaired) electrons. The molecule has 1 aliphatic rings. The molecule has 4 rings (SSSR count). The lowest BCUT2D eigenvalue weighted by Crippen LogP contribution is -2.21. The van der Waals surface area contributed by atoms with Crippen LogP contribution in [-0.2, 0) is 9.53 Å². The largest absolute Gasteiger partial charge is 0.490 e. The van der Waals surface area contributed by atoms with Crippen LogP contribution in [0.5, 0.6) is 11.5 Å². The average Bonchev–Trinajstić information content (AvgIpc) is 3.04. The Hall–Kier alpha value is -3.52. The fourth-order valence-corrected chi connectivity index (χ4v) is 3.77. The number of fused-ring (bicyclic) bond motifs is 1. The summed E-state index contributed by atoms with van der Waals surface area (Å²) >= 11 is 1.36. The maximum Gasteiger partial charge on any atom is 0.341 e. The molecule has 1 aromatic heterocycles. The number of amides is 1. The third-order valence-corrected chi connectivity index (χ3v) is 5.34. The van der Waals surface area contributed by atoms with Gasteiger partial charge in [0.25, 0.3) is 5.91 Å². The molecule has 0 bridgehead atoms. The van der Waals surface area contributed by atoms with Crippen molar-refractivity contribution in [2.24, 2.45) is 0 Å². The first-order valence-corrected chi connectivity index (χ1v) is 10.6. The fourth-order valence-electron chi connectivity index (χ4n) is 2.87. The Kier molecular flexibility index (Phi) is 6.68. The number of carbonyl (C=O) groups is 2. The lowest BCUT2D eigenvalue weighted by Gasteiger charge is -2.11. The van der Waals surface area contributed by atoms with Crippen LogP contribution in [0.2, 0.25) is 0 Å². The highest BCUT2D eigenvalue weighted by atomic mass is 32.2. The molecular formula is C23H20N2O5S. The van der Waals surface area contributed by atoms with Gasteiger partial charge in [-0.05, 0) is 36.4 Å². The van der Waals surface area contributed by atoms with Crippen LogP contribution in [0.1, 0.15) is 16.8 Å². The van der Waals surface area contributed by atoms with Crippen molar-refractivity contribution < 1.29 is 23.8 Å². The highest BCUT2D eigenvalue weighted by Crippen LogP contribution is 2.32. The number of nitrogens with zero attached hydrogens (tertiary/aromatic N) is 1. The molecule has 0 saturated carbocycles. The monoisotopic (exact) mass is 436 g/mol. The van der Waals surface area contributed by atoms with E-state index in [2.05, 4.69) is 10.3 Å². The maximum atomic E-state index is 12.6. The van der Waals surface area contributed by atoms with E-state index in [0.717, 1.165) is 11.3 Å². The quantitative estimate of drug-likeness (QED) is 0.580. The number of benzene rings is 2. The molecule has 1 aliphatic heterocycles. The number of hydrogen-bond acceptors (Lipinski definition) is 7. The van der Waals surface area contributed by atoms with E-state index in [4.69, 9.17) is 14.2 Å². The van der Waals surface area contributed by atoms with Crippen molar-refractivity contribution in [2.75, 3.05) is 25.1 Å². The highest BCUT2D eigenvalue weighted by Gasteiger charge is 2.17. The van der Waals surface area contributed by atoms with Crippen LogP contribution < -0.4 is 14.8 Å². The second-order valence-electron chi connectivity index (χ2n) is 6.61. The van der Waals surface area contributed by atoms with Gasteiger partial charge in [-0.15, -0.1) is 0 Å². The molecule has 0 fully saturated rings. The third-order valence-electron chi connectivity index (χ3n) is 4.31. The molecule has 7 nitrogen and oxygen atoms in total. The van der Waals surface area contributed by atoms with Gasteiger partial charge in [-0.1, -0.05) is 30.0 Å². The van der Waals surface area contributed by atoms with Crippen LogP contribution in [-0.4, -0.2) is 36.7 Å². The Balaban J connectivity index is 1.36. The van der Waals surface area contributed by atoms with Crippen LogP contribution in [0.3, 0.4) is 0 Å². The van der Waals surface area contributed by atoms with E-state index in [-0.39, 0.29) is 0 Å². The Morgan fingerprint density at radius 3 is 2.65 bits per heavy atom. The van der Waals surface area contributed by atoms with Crippen LogP contribution in [0.4, 0.5) is 5.69 Å². The van der Waals surface area contributed by atoms with E-state index in [1.165, 1.54) is 11.8 Å². The van der Waals surface area contributed by atoms with Gasteiger partial charge in [-0.2, -0.15) is 0 Å². The molecule has 1 amide bonds. The van der Waals surface area contributed by atoms with Crippen molar-refractivity contribution in [1.29, 1.82) is 0 Å². The van der Waals surface area contributed by atoms with Crippen molar-refractivity contribution in [3.63, 3.8) is 0 Å². The van der Waals surface area contributed by atoms with E-state index in [1.807, 2.05) is 30.3 Å². The summed E-state index contributed by atoms with van der Waals surface area (Å²) < 4.78 is 16.4. The van der Waals surface area contributed by atoms with E-state index in [0.29, 0.717) is 41.0 Å². The standard InChI is InChI=1S/C23H20N2O5S/c26-21(25-16-9-10-19-20(14-16)29-13-5-12-28-19)15-30-23(27)18-8-4-11-24-22(18)31-17-6-2-1-3-7-17/h1-4,6-11,14H,5,12-13,15H2,(H,25,26).